The first-order valence-electron chi connectivity index (χ1n) is 8.95. The summed E-state index contributed by atoms with van der Waals surface area (Å²) in [5.74, 6) is 0.0862. The molecule has 10 heteroatoms. The summed E-state index contributed by atoms with van der Waals surface area (Å²) in [5, 5.41) is 22.7. The molecule has 1 amide bonds. The van der Waals surface area contributed by atoms with Crippen molar-refractivity contribution in [3.8, 4) is 0 Å². The summed E-state index contributed by atoms with van der Waals surface area (Å²) >= 11 is 3.33. The minimum atomic E-state index is -1.48. The summed E-state index contributed by atoms with van der Waals surface area (Å²) in [4.78, 5) is 30.1. The first-order valence-corrected chi connectivity index (χ1v) is 9.75. The molecule has 0 saturated carbocycles. The number of halogens is 1. The fraction of sp³-hybridized carbons (Fsp3) is 0.368. The number of fused-ring (bicyclic) bond motifs is 3. The molecule has 0 radical (unpaired) electrons. The maximum absolute atomic E-state index is 12.4. The van der Waals surface area contributed by atoms with E-state index in [0.29, 0.717) is 21.9 Å². The van der Waals surface area contributed by atoms with Gasteiger partial charge in [0.15, 0.2) is 5.52 Å². The molecule has 0 atom stereocenters. The minimum Gasteiger partial charge on any atom is -0.529 e. The van der Waals surface area contributed by atoms with Gasteiger partial charge in [-0.1, -0.05) is 15.9 Å². The highest BCUT2D eigenvalue weighted by molar-refractivity contribution is 9.10. The minimum absolute atomic E-state index is 0.0862. The Morgan fingerprint density at radius 2 is 2.07 bits per heavy atom. The zero-order valence-corrected chi connectivity index (χ0v) is 18.1. The zero-order valence-electron chi connectivity index (χ0n) is 16.5. The summed E-state index contributed by atoms with van der Waals surface area (Å²) in [6.07, 6.45) is -0.748. The second-order valence-electron chi connectivity index (χ2n) is 7.49. The summed E-state index contributed by atoms with van der Waals surface area (Å²) in [6, 6.07) is 5.05. The van der Waals surface area contributed by atoms with E-state index in [4.69, 9.17) is 4.74 Å². The monoisotopic (exact) mass is 464 g/mol. The van der Waals surface area contributed by atoms with Crippen LogP contribution in [0.4, 0.5) is 9.59 Å². The summed E-state index contributed by atoms with van der Waals surface area (Å²) < 4.78 is 7.90. The van der Waals surface area contributed by atoms with Gasteiger partial charge in [-0.2, -0.15) is 0 Å². The van der Waals surface area contributed by atoms with Crippen molar-refractivity contribution in [1.29, 1.82) is 0 Å². The van der Waals surface area contributed by atoms with E-state index in [0.717, 1.165) is 9.30 Å². The number of hydrogen-bond acceptors (Lipinski definition) is 6. The lowest BCUT2D eigenvalue weighted by molar-refractivity contribution is -0.883. The molecule has 9 nitrogen and oxygen atoms in total. The molecule has 0 spiro atoms. The van der Waals surface area contributed by atoms with E-state index in [1.165, 1.54) is 11.1 Å². The second-order valence-corrected chi connectivity index (χ2v) is 8.41. The standard InChI is InChI=1S/C19H21BrN4O5/c1-5-22(18(27)29-19(2,3)4)10-15-21-13-9-23(28)14-8-11(20)6-7-12(14)16(13)24(15)17(25)26/h6-9H,5,10H2,1-4H3,(H-,25,26,28). The highest BCUT2D eigenvalue weighted by atomic mass is 79.9. The molecule has 0 aliphatic carbocycles. The average molecular weight is 465 g/mol. The molecule has 154 valence electrons. The molecule has 0 saturated heterocycles. The summed E-state index contributed by atoms with van der Waals surface area (Å²) in [5.41, 5.74) is 0.223. The predicted molar refractivity (Wildman–Crippen MR) is 105 cm³/mol. The van der Waals surface area contributed by atoms with Gasteiger partial charge in [0.05, 0.1) is 17.4 Å². The van der Waals surface area contributed by atoms with E-state index in [2.05, 4.69) is 20.9 Å². The van der Waals surface area contributed by atoms with Crippen LogP contribution in [0.15, 0.2) is 28.9 Å². The lowest BCUT2D eigenvalue weighted by atomic mass is 10.2. The number of amides is 1. The van der Waals surface area contributed by atoms with Crippen molar-refractivity contribution >= 4 is 50.1 Å². The first kappa shape index (κ1) is 20.8. The average Bonchev–Trinajstić information content (AvgIpc) is 2.96. The molecule has 0 bridgehead atoms. The molecule has 29 heavy (non-hydrogen) atoms. The van der Waals surface area contributed by atoms with E-state index in [-0.39, 0.29) is 23.4 Å². The van der Waals surface area contributed by atoms with Crippen LogP contribution in [-0.2, 0) is 11.3 Å². The van der Waals surface area contributed by atoms with Crippen LogP contribution in [0.3, 0.4) is 0 Å². The summed E-state index contributed by atoms with van der Waals surface area (Å²) in [6.45, 7) is 7.19. The van der Waals surface area contributed by atoms with E-state index >= 15 is 0 Å². The molecule has 3 rings (SSSR count). The molecule has 2 heterocycles. The van der Waals surface area contributed by atoms with Gasteiger partial charge < -0.3 is 19.5 Å². The SMILES string of the molecule is CCN(Cc1nc2c[n+](O)c3cc(Br)ccc3c2n1C(=O)[O-])C(=O)OC(C)(C)C. The normalized spacial score (nSPS) is 11.8. The quantitative estimate of drug-likeness (QED) is 0.470. The number of carbonyl (C=O) groups is 2. The molecule has 0 aliphatic rings. The van der Waals surface area contributed by atoms with Crippen LogP contribution in [0.2, 0.25) is 0 Å². The van der Waals surface area contributed by atoms with Crippen LogP contribution in [0.5, 0.6) is 0 Å². The van der Waals surface area contributed by atoms with Gasteiger partial charge >= 0.3 is 6.09 Å². The predicted octanol–water partition coefficient (Wildman–Crippen LogP) is 2.43. The molecular formula is C19H21BrN4O5. The van der Waals surface area contributed by atoms with Crippen molar-refractivity contribution in [2.45, 2.75) is 39.8 Å². The maximum atomic E-state index is 12.4. The van der Waals surface area contributed by atoms with E-state index in [1.54, 1.807) is 45.9 Å². The smallest absolute Gasteiger partial charge is 0.410 e. The first-order chi connectivity index (χ1) is 13.5. The molecule has 1 aromatic carbocycles. The molecular weight excluding hydrogens is 444 g/mol. The molecule has 0 aliphatic heterocycles. The Kier molecular flexibility index (Phi) is 5.40. The lowest BCUT2D eigenvalue weighted by Crippen LogP contribution is -2.38. The maximum Gasteiger partial charge on any atom is 0.410 e. The topological polar surface area (TPSA) is 112 Å². The van der Waals surface area contributed by atoms with Crippen molar-refractivity contribution in [2.75, 3.05) is 6.54 Å². The Hall–Kier alpha value is -2.88. The van der Waals surface area contributed by atoms with Gasteiger partial charge in [0.2, 0.25) is 0 Å². The third-order valence-electron chi connectivity index (χ3n) is 4.23. The molecule has 2 aromatic heterocycles. The number of benzene rings is 1. The van der Waals surface area contributed by atoms with Gasteiger partial charge in [0.25, 0.3) is 11.7 Å². The Bertz CT molecular complexity index is 1120. The lowest BCUT2D eigenvalue weighted by Gasteiger charge is -2.26. The molecule has 0 unspecified atom stereocenters. The highest BCUT2D eigenvalue weighted by Crippen LogP contribution is 2.26. The van der Waals surface area contributed by atoms with Crippen molar-refractivity contribution in [2.24, 2.45) is 0 Å². The van der Waals surface area contributed by atoms with Gasteiger partial charge in [-0.05, 0) is 39.8 Å². The van der Waals surface area contributed by atoms with Gasteiger partial charge in [-0.3, -0.25) is 9.77 Å². The zero-order chi connectivity index (χ0) is 21.5. The Morgan fingerprint density at radius 1 is 1.38 bits per heavy atom. The Labute approximate surface area is 175 Å². The highest BCUT2D eigenvalue weighted by Gasteiger charge is 2.26. The van der Waals surface area contributed by atoms with E-state index < -0.39 is 17.8 Å². The number of carboxylic acid groups (broad SMARTS) is 1. The van der Waals surface area contributed by atoms with Crippen LogP contribution in [-0.4, -0.2) is 44.0 Å². The van der Waals surface area contributed by atoms with Gasteiger partial charge in [-0.15, -0.1) is 0 Å². The number of aromatic nitrogens is 3. The molecule has 3 aromatic rings. The fourth-order valence-corrected chi connectivity index (χ4v) is 3.37. The number of pyridine rings is 1. The van der Waals surface area contributed by atoms with Crippen LogP contribution in [0.1, 0.15) is 33.5 Å². The molecule has 0 fully saturated rings. The van der Waals surface area contributed by atoms with Gasteiger partial charge in [-0.25, -0.2) is 9.78 Å². The van der Waals surface area contributed by atoms with Crippen LogP contribution >= 0.6 is 15.9 Å². The van der Waals surface area contributed by atoms with Gasteiger partial charge in [0.1, 0.15) is 17.5 Å². The molecule has 1 N–H and O–H groups in total. The Balaban J connectivity index is 2.16. The van der Waals surface area contributed by atoms with Crippen molar-refractivity contribution < 1.29 is 29.4 Å². The largest absolute Gasteiger partial charge is 0.529 e. The van der Waals surface area contributed by atoms with Crippen LogP contribution in [0, 0.1) is 0 Å². The third-order valence-corrected chi connectivity index (χ3v) is 4.72. The number of rotatable bonds is 3. The van der Waals surface area contributed by atoms with E-state index in [1.807, 2.05) is 0 Å². The second kappa shape index (κ2) is 7.51. The van der Waals surface area contributed by atoms with E-state index in [9.17, 15) is 19.9 Å². The number of carbonyl (C=O) groups excluding carboxylic acids is 2. The summed E-state index contributed by atoms with van der Waals surface area (Å²) in [7, 11) is 0. The number of ether oxygens (including phenoxy) is 1. The number of imidazole rings is 1. The van der Waals surface area contributed by atoms with Crippen LogP contribution < -0.4 is 9.84 Å². The Morgan fingerprint density at radius 3 is 2.66 bits per heavy atom. The fourth-order valence-electron chi connectivity index (χ4n) is 3.02. The van der Waals surface area contributed by atoms with Crippen LogP contribution in [0.25, 0.3) is 21.9 Å². The van der Waals surface area contributed by atoms with Crippen molar-refractivity contribution in [1.82, 2.24) is 14.5 Å². The number of nitrogens with zero attached hydrogens (tertiary/aromatic N) is 4. The van der Waals surface area contributed by atoms with Crippen molar-refractivity contribution in [3.63, 3.8) is 0 Å². The third kappa shape index (κ3) is 4.12. The van der Waals surface area contributed by atoms with Crippen molar-refractivity contribution in [3.05, 3.63) is 34.7 Å². The van der Waals surface area contributed by atoms with Gasteiger partial charge in [0, 0.05) is 21.8 Å². The number of hydrogen-bond donors (Lipinski definition) is 1.